The van der Waals surface area contributed by atoms with Crippen LogP contribution in [0.15, 0.2) is 30.0 Å². The Bertz CT molecular complexity index is 1220. The number of aliphatic hydroxyl groups excluding tert-OH is 1. The Hall–Kier alpha value is -2.55. The first-order valence-corrected chi connectivity index (χ1v) is 17.8. The molecule has 44 heavy (non-hydrogen) atoms. The van der Waals surface area contributed by atoms with Gasteiger partial charge >= 0.3 is 0 Å². The van der Waals surface area contributed by atoms with Crippen molar-refractivity contribution in [2.45, 2.75) is 163 Å². The van der Waals surface area contributed by atoms with Crippen LogP contribution in [0.25, 0.3) is 6.08 Å². The number of hydrogen-bond donors (Lipinski definition) is 1. The van der Waals surface area contributed by atoms with Gasteiger partial charge in [0.2, 0.25) is 5.78 Å². The molecule has 0 amide bonds. The summed E-state index contributed by atoms with van der Waals surface area (Å²) in [7, 11) is 1.73. The smallest absolute Gasteiger partial charge is 0.227 e. The van der Waals surface area contributed by atoms with Crippen LogP contribution in [0.3, 0.4) is 0 Å². The molecule has 246 valence electrons. The molecule has 2 aromatic rings. The zero-order valence-electron chi connectivity index (χ0n) is 30.1. The van der Waals surface area contributed by atoms with Crippen LogP contribution in [0.1, 0.15) is 207 Å². The molecular formula is C41H64O3. The highest BCUT2D eigenvalue weighted by molar-refractivity contribution is 6.11. The predicted molar refractivity (Wildman–Crippen MR) is 191 cm³/mol. The number of rotatable bonds is 19. The molecule has 0 saturated heterocycles. The van der Waals surface area contributed by atoms with E-state index in [1.165, 1.54) is 16.7 Å². The Kier molecular flexibility index (Phi) is 15.8. The molecule has 0 aromatic heterocycles. The number of ether oxygens (including phenoxy) is 1. The molecule has 0 aliphatic heterocycles. The first kappa shape index (κ1) is 37.6. The van der Waals surface area contributed by atoms with E-state index in [1.807, 2.05) is 0 Å². The summed E-state index contributed by atoms with van der Waals surface area (Å²) in [6.07, 6.45) is 12.3. The summed E-state index contributed by atoms with van der Waals surface area (Å²) in [6, 6.07) is 8.84. The van der Waals surface area contributed by atoms with Crippen molar-refractivity contribution < 1.29 is 14.6 Å². The Morgan fingerprint density at radius 2 is 1.11 bits per heavy atom. The highest BCUT2D eigenvalue weighted by Gasteiger charge is 2.27. The van der Waals surface area contributed by atoms with Crippen molar-refractivity contribution in [1.82, 2.24) is 0 Å². The summed E-state index contributed by atoms with van der Waals surface area (Å²) in [5.74, 6) is 1.92. The average Bonchev–Trinajstić information content (AvgIpc) is 2.99. The molecule has 5 atom stereocenters. The number of hydrogen-bond acceptors (Lipinski definition) is 3. The second kappa shape index (κ2) is 18.4. The Labute approximate surface area is 270 Å². The first-order chi connectivity index (χ1) is 21.0. The Balaban J connectivity index is 2.88. The number of allylic oxidation sites excluding steroid dienone is 1. The molecule has 0 fully saturated rings. The van der Waals surface area contributed by atoms with Gasteiger partial charge in [-0.2, -0.15) is 0 Å². The third-order valence-electron chi connectivity index (χ3n) is 9.68. The fourth-order valence-corrected chi connectivity index (χ4v) is 7.19. The van der Waals surface area contributed by atoms with Gasteiger partial charge in [0.25, 0.3) is 0 Å². The van der Waals surface area contributed by atoms with Crippen LogP contribution in [-0.2, 0) is 0 Å². The molecule has 3 nitrogen and oxygen atoms in total. The summed E-state index contributed by atoms with van der Waals surface area (Å²) >= 11 is 0. The van der Waals surface area contributed by atoms with E-state index in [1.54, 1.807) is 13.2 Å². The minimum atomic E-state index is -0.265. The van der Waals surface area contributed by atoms with Crippen molar-refractivity contribution in [3.63, 3.8) is 0 Å². The summed E-state index contributed by atoms with van der Waals surface area (Å²) in [5.41, 5.74) is 7.47. The molecule has 2 rings (SSSR count). The van der Waals surface area contributed by atoms with Gasteiger partial charge in [0.15, 0.2) is 5.76 Å². The number of methoxy groups -OCH3 is 1. The van der Waals surface area contributed by atoms with Gasteiger partial charge in [-0.05, 0) is 108 Å². The van der Waals surface area contributed by atoms with Crippen LogP contribution in [0.4, 0.5) is 0 Å². The molecule has 0 saturated carbocycles. The third kappa shape index (κ3) is 9.48. The maximum Gasteiger partial charge on any atom is 0.227 e. The van der Waals surface area contributed by atoms with E-state index in [4.69, 9.17) is 4.74 Å². The highest BCUT2D eigenvalue weighted by Crippen LogP contribution is 2.40. The number of carbonyl (C=O) groups excluding carboxylic acids is 1. The monoisotopic (exact) mass is 604 g/mol. The molecule has 1 N–H and O–H groups in total. The van der Waals surface area contributed by atoms with Gasteiger partial charge in [0.05, 0.1) is 7.11 Å². The molecule has 2 aromatic carbocycles. The molecule has 0 bridgehead atoms. The van der Waals surface area contributed by atoms with Crippen molar-refractivity contribution in [3.8, 4) is 5.75 Å². The van der Waals surface area contributed by atoms with Gasteiger partial charge < -0.3 is 9.84 Å². The van der Waals surface area contributed by atoms with E-state index in [0.717, 1.165) is 86.6 Å². The van der Waals surface area contributed by atoms with Gasteiger partial charge in [0, 0.05) is 11.1 Å². The lowest BCUT2D eigenvalue weighted by molar-refractivity contribution is 0.0978. The maximum absolute atomic E-state index is 14.5. The molecule has 0 aliphatic rings. The number of aliphatic hydroxyl groups is 1. The number of ketones is 1. The predicted octanol–water partition coefficient (Wildman–Crippen LogP) is 13.0. The van der Waals surface area contributed by atoms with Crippen molar-refractivity contribution in [1.29, 1.82) is 0 Å². The zero-order valence-corrected chi connectivity index (χ0v) is 30.1. The Morgan fingerprint density at radius 1 is 0.659 bits per heavy atom. The second-order valence-electron chi connectivity index (χ2n) is 13.6. The van der Waals surface area contributed by atoms with E-state index in [2.05, 4.69) is 93.5 Å². The third-order valence-corrected chi connectivity index (χ3v) is 9.68. The van der Waals surface area contributed by atoms with Crippen LogP contribution < -0.4 is 4.74 Å². The van der Waals surface area contributed by atoms with Crippen molar-refractivity contribution in [2.75, 3.05) is 7.11 Å². The summed E-state index contributed by atoms with van der Waals surface area (Å²) in [4.78, 5) is 14.5. The van der Waals surface area contributed by atoms with Crippen LogP contribution in [0.5, 0.6) is 5.75 Å². The highest BCUT2D eigenvalue weighted by atomic mass is 16.5. The van der Waals surface area contributed by atoms with Crippen LogP contribution in [0, 0.1) is 0 Å². The van der Waals surface area contributed by atoms with Crippen LogP contribution >= 0.6 is 0 Å². The lowest BCUT2D eigenvalue weighted by Crippen LogP contribution is -2.15. The first-order valence-electron chi connectivity index (χ1n) is 17.8. The number of benzene rings is 2. The Morgan fingerprint density at radius 3 is 1.61 bits per heavy atom. The summed E-state index contributed by atoms with van der Waals surface area (Å²) in [6.45, 7) is 22.3. The quantitative estimate of drug-likeness (QED) is 0.0985. The normalized spacial score (nSPS) is 15.5. The SMILES string of the molecule is CCCC(C)c1cc(/C=C(\O)C(=O)c2cc(C(C)CCC)cc(C(C)CCC)c2C(C)CCC)c(C(C)CCC)c(OC)c1. The van der Waals surface area contributed by atoms with E-state index < -0.39 is 0 Å². The van der Waals surface area contributed by atoms with E-state index >= 15 is 0 Å². The second-order valence-corrected chi connectivity index (χ2v) is 13.6. The summed E-state index contributed by atoms with van der Waals surface area (Å²) in [5, 5.41) is 11.7. The molecule has 5 unspecified atom stereocenters. The molecule has 0 aliphatic carbocycles. The van der Waals surface area contributed by atoms with Crippen molar-refractivity contribution >= 4 is 11.9 Å². The zero-order chi connectivity index (χ0) is 33.0. The van der Waals surface area contributed by atoms with Gasteiger partial charge in [-0.1, -0.05) is 113 Å². The van der Waals surface area contributed by atoms with E-state index in [-0.39, 0.29) is 23.4 Å². The van der Waals surface area contributed by atoms with Gasteiger partial charge in [0.1, 0.15) is 5.75 Å². The lowest BCUT2D eigenvalue weighted by atomic mass is 9.78. The summed E-state index contributed by atoms with van der Waals surface area (Å²) < 4.78 is 5.96. The number of carbonyl (C=O) groups is 1. The number of Topliss-reactive ketones (excluding diaryl/α,β-unsaturated/α-hetero) is 1. The van der Waals surface area contributed by atoms with Crippen molar-refractivity contribution in [3.05, 3.63) is 69.0 Å². The average molecular weight is 605 g/mol. The van der Waals surface area contributed by atoms with E-state index in [0.29, 0.717) is 23.3 Å². The topological polar surface area (TPSA) is 46.5 Å². The fourth-order valence-electron chi connectivity index (χ4n) is 7.19. The van der Waals surface area contributed by atoms with Gasteiger partial charge in [-0.15, -0.1) is 0 Å². The van der Waals surface area contributed by atoms with Gasteiger partial charge in [-0.25, -0.2) is 0 Å². The maximum atomic E-state index is 14.5. The minimum Gasteiger partial charge on any atom is -0.504 e. The van der Waals surface area contributed by atoms with Crippen molar-refractivity contribution in [2.24, 2.45) is 0 Å². The largest absolute Gasteiger partial charge is 0.504 e. The van der Waals surface area contributed by atoms with Gasteiger partial charge in [-0.3, -0.25) is 4.79 Å². The molecule has 0 spiro atoms. The van der Waals surface area contributed by atoms with Crippen LogP contribution in [-0.4, -0.2) is 18.0 Å². The van der Waals surface area contributed by atoms with Crippen LogP contribution in [0.2, 0.25) is 0 Å². The van der Waals surface area contributed by atoms with E-state index in [9.17, 15) is 9.90 Å². The molecular weight excluding hydrogens is 540 g/mol. The molecule has 0 heterocycles. The minimum absolute atomic E-state index is 0.184. The molecule has 0 radical (unpaired) electrons. The molecule has 3 heteroatoms. The lowest BCUT2D eigenvalue weighted by Gasteiger charge is -2.26. The standard InChI is InChI=1S/C41H64O3/c1-12-17-27(6)32-22-34(39(30(9)20-15-4)38(26-32)44-11)25-37(42)41(43)36-24-33(28(7)18-13-2)23-35(29(8)19-14-3)40(36)31(10)21-16-5/h22-31,42H,12-21H2,1-11H3/b37-25-. The fraction of sp³-hybridized carbons (Fsp3) is 0.634.